The number of hydrogen-bond acceptors (Lipinski definition) is 9. The van der Waals surface area contributed by atoms with Gasteiger partial charge in [0, 0.05) is 17.9 Å². The topological polar surface area (TPSA) is 177 Å². The molecule has 2 saturated carbocycles. The van der Waals surface area contributed by atoms with Crippen LogP contribution < -0.4 is 10.6 Å². The lowest BCUT2D eigenvalue weighted by molar-refractivity contribution is -0.145. The first kappa shape index (κ1) is 32.2. The molecule has 2 aliphatic carbocycles. The lowest BCUT2D eigenvalue weighted by Gasteiger charge is -2.29. The average Bonchev–Trinajstić information content (AvgIpc) is 3.55. The number of ether oxygens (including phenoxy) is 1. The van der Waals surface area contributed by atoms with Crippen molar-refractivity contribution in [2.75, 3.05) is 6.54 Å². The second kappa shape index (κ2) is 14.3. The summed E-state index contributed by atoms with van der Waals surface area (Å²) in [6, 6.07) is 5.47. The van der Waals surface area contributed by atoms with Crippen LogP contribution in [-0.2, 0) is 24.0 Å². The summed E-state index contributed by atoms with van der Waals surface area (Å²) in [6.45, 7) is 0.0260. The van der Waals surface area contributed by atoms with Crippen LogP contribution in [0.5, 0.6) is 0 Å². The molecule has 3 N–H and O–H groups in total. The highest BCUT2D eigenvalue weighted by molar-refractivity contribution is 5.96. The Morgan fingerprint density at radius 3 is 2.68 bits per heavy atom. The highest BCUT2D eigenvalue weighted by atomic mass is 16.6. The van der Waals surface area contributed by atoms with Crippen molar-refractivity contribution in [2.45, 2.75) is 100 Å². The van der Waals surface area contributed by atoms with Crippen LogP contribution in [0.1, 0.15) is 76.2 Å². The van der Waals surface area contributed by atoms with Crippen LogP contribution in [0.25, 0.3) is 5.69 Å². The predicted octanol–water partition coefficient (Wildman–Crippen LogP) is 3.10. The lowest BCUT2D eigenvalue weighted by Crippen LogP contribution is -2.56. The fourth-order valence-electron chi connectivity index (χ4n) is 6.78. The number of fused-ring (bicyclic) bond motifs is 2. The van der Waals surface area contributed by atoms with Gasteiger partial charge in [-0.25, -0.2) is 19.3 Å². The normalized spacial score (nSPS) is 29.2. The van der Waals surface area contributed by atoms with Crippen molar-refractivity contribution in [3.63, 3.8) is 0 Å². The van der Waals surface area contributed by atoms with E-state index >= 15 is 0 Å². The Balaban J connectivity index is 1.22. The maximum absolute atomic E-state index is 14.1. The number of carbonyl (C=O) groups excluding carboxylic acids is 3. The summed E-state index contributed by atoms with van der Waals surface area (Å²) in [7, 11) is 0. The number of carboxylic acids is 1. The quantitative estimate of drug-likeness (QED) is 0.231. The molecule has 2 aromatic rings. The van der Waals surface area contributed by atoms with Crippen LogP contribution in [0.2, 0.25) is 0 Å². The molecule has 14 heteroatoms. The lowest BCUT2D eigenvalue weighted by atomic mass is 10.0. The van der Waals surface area contributed by atoms with Gasteiger partial charge in [-0.15, -0.1) is 0 Å². The fourth-order valence-corrected chi connectivity index (χ4v) is 6.78. The third-order valence-corrected chi connectivity index (χ3v) is 9.49. The molecule has 0 spiro atoms. The molecule has 47 heavy (non-hydrogen) atoms. The van der Waals surface area contributed by atoms with Crippen molar-refractivity contribution in [3.8, 4) is 5.69 Å². The van der Waals surface area contributed by atoms with Gasteiger partial charge in [-0.05, 0) is 57.4 Å². The summed E-state index contributed by atoms with van der Waals surface area (Å²) < 4.78 is 7.20. The number of nitrogens with one attached hydrogen (secondary N) is 2. The first-order valence-electron chi connectivity index (χ1n) is 16.5. The van der Waals surface area contributed by atoms with Crippen molar-refractivity contribution in [1.29, 1.82) is 0 Å². The summed E-state index contributed by atoms with van der Waals surface area (Å²) in [5, 5.41) is 24.0. The smallest absolute Gasteiger partial charge is 0.408 e. The van der Waals surface area contributed by atoms with Crippen LogP contribution in [0, 0.1) is 5.92 Å². The van der Waals surface area contributed by atoms with E-state index in [1.165, 1.54) is 17.4 Å². The van der Waals surface area contributed by atoms with Gasteiger partial charge in [-0.2, -0.15) is 5.10 Å². The van der Waals surface area contributed by atoms with Crippen LogP contribution in [-0.4, -0.2) is 91.2 Å². The monoisotopic (exact) mass is 647 g/mol. The van der Waals surface area contributed by atoms with Gasteiger partial charge < -0.3 is 30.2 Å². The number of rotatable bonds is 7. The molecule has 0 radical (unpaired) electrons. The van der Waals surface area contributed by atoms with Crippen LogP contribution in [0.3, 0.4) is 0 Å². The minimum absolute atomic E-state index is 0.0260. The van der Waals surface area contributed by atoms with E-state index in [1.807, 2.05) is 36.4 Å². The molecule has 1 unspecified atom stereocenters. The summed E-state index contributed by atoms with van der Waals surface area (Å²) in [5.41, 5.74) is 0.0187. The summed E-state index contributed by atoms with van der Waals surface area (Å²) in [4.78, 5) is 64.4. The second-order valence-electron chi connectivity index (χ2n) is 12.8. The first-order chi connectivity index (χ1) is 22.8. The number of nitrogens with zero attached hydrogens (tertiary/aromatic N) is 5. The zero-order chi connectivity index (χ0) is 32.8. The molecule has 3 fully saturated rings. The van der Waals surface area contributed by atoms with Crippen molar-refractivity contribution in [1.82, 2.24) is 30.3 Å². The van der Waals surface area contributed by atoms with E-state index in [0.29, 0.717) is 18.4 Å². The SMILES string of the molecule is O=C(N[C@H]1CCCCC/C=C\[C@@H]2CC2(C(=O)O)NC(=O)[C@@H]2C[C@@H](O/N=C/c3ccccc3-n3cncn3)CN2C1=O)OC1CCCC1. The molecule has 3 amide bonds. The minimum atomic E-state index is -1.42. The van der Waals surface area contributed by atoms with E-state index < -0.39 is 47.6 Å². The predicted molar refractivity (Wildman–Crippen MR) is 168 cm³/mol. The number of aromatic nitrogens is 3. The molecular weight excluding hydrogens is 606 g/mol. The first-order valence-corrected chi connectivity index (χ1v) is 16.5. The number of para-hydroxylation sites is 1. The Morgan fingerprint density at radius 1 is 1.09 bits per heavy atom. The van der Waals surface area contributed by atoms with E-state index in [4.69, 9.17) is 9.57 Å². The maximum atomic E-state index is 14.1. The van der Waals surface area contributed by atoms with Gasteiger partial charge in [0.05, 0.1) is 18.4 Å². The number of oxime groups is 1. The fraction of sp³-hybridized carbons (Fsp3) is 0.545. The van der Waals surface area contributed by atoms with Gasteiger partial charge >= 0.3 is 12.1 Å². The molecule has 250 valence electrons. The second-order valence-corrected chi connectivity index (χ2v) is 12.8. The third-order valence-electron chi connectivity index (χ3n) is 9.49. The summed E-state index contributed by atoms with van der Waals surface area (Å²) in [6.07, 6.45) is 14.3. The highest BCUT2D eigenvalue weighted by Gasteiger charge is 2.61. The van der Waals surface area contributed by atoms with Crippen molar-refractivity contribution >= 4 is 30.1 Å². The number of aliphatic carboxylic acids is 1. The average molecular weight is 648 g/mol. The molecule has 2 aliphatic heterocycles. The highest BCUT2D eigenvalue weighted by Crippen LogP contribution is 2.45. The van der Waals surface area contributed by atoms with E-state index in [1.54, 1.807) is 11.0 Å². The molecule has 6 rings (SSSR count). The van der Waals surface area contributed by atoms with Crippen molar-refractivity contribution < 1.29 is 33.9 Å². The minimum Gasteiger partial charge on any atom is -0.479 e. The van der Waals surface area contributed by atoms with E-state index in [2.05, 4.69) is 25.9 Å². The van der Waals surface area contributed by atoms with E-state index in [-0.39, 0.29) is 31.4 Å². The Morgan fingerprint density at radius 2 is 1.89 bits per heavy atom. The van der Waals surface area contributed by atoms with Gasteiger partial charge in [-0.1, -0.05) is 48.3 Å². The van der Waals surface area contributed by atoms with E-state index in [9.17, 15) is 24.3 Å². The number of amides is 3. The molecule has 3 heterocycles. The van der Waals surface area contributed by atoms with Crippen LogP contribution in [0.4, 0.5) is 4.79 Å². The molecule has 1 saturated heterocycles. The number of allylic oxidation sites excluding steroid dienone is 1. The zero-order valence-electron chi connectivity index (χ0n) is 26.2. The summed E-state index contributed by atoms with van der Waals surface area (Å²) >= 11 is 0. The van der Waals surface area contributed by atoms with Gasteiger partial charge in [0.25, 0.3) is 0 Å². The molecule has 4 aliphatic rings. The number of alkyl carbamates (subject to hydrolysis) is 1. The van der Waals surface area contributed by atoms with Gasteiger partial charge in [-0.3, -0.25) is 9.59 Å². The maximum Gasteiger partial charge on any atom is 0.408 e. The molecular formula is C33H41N7O7. The number of carboxylic acid groups (broad SMARTS) is 1. The Kier molecular flexibility index (Phi) is 9.83. The number of hydrogen-bond donors (Lipinski definition) is 3. The van der Waals surface area contributed by atoms with Gasteiger partial charge in [0.2, 0.25) is 11.8 Å². The molecule has 5 atom stereocenters. The Labute approximate surface area is 272 Å². The van der Waals surface area contributed by atoms with Crippen molar-refractivity contribution in [3.05, 3.63) is 54.6 Å². The zero-order valence-corrected chi connectivity index (χ0v) is 26.2. The molecule has 1 aromatic heterocycles. The van der Waals surface area contributed by atoms with Crippen molar-refractivity contribution in [2.24, 2.45) is 11.1 Å². The van der Waals surface area contributed by atoms with Gasteiger partial charge in [0.1, 0.15) is 42.5 Å². The van der Waals surface area contributed by atoms with Gasteiger partial charge in [0.15, 0.2) is 0 Å². The Bertz CT molecular complexity index is 1510. The Hall–Kier alpha value is -4.75. The van der Waals surface area contributed by atoms with E-state index in [0.717, 1.165) is 50.6 Å². The molecule has 14 nitrogen and oxygen atoms in total. The third kappa shape index (κ3) is 7.47. The molecule has 0 bridgehead atoms. The standard InChI is InChI=1S/C33H41N7O7/c41-29-28-16-25(47-36-18-22-10-6-9-15-27(22)40-21-34-20-35-40)19-39(28)30(42)26(37-32(45)46-24-12-7-8-13-24)14-5-3-1-2-4-11-23-17-33(23,38-29)31(43)44/h4,6,9-11,15,18,20-21,23-26,28H,1-3,5,7-8,12-14,16-17,19H2,(H,37,45)(H,38,41)(H,43,44)/b11-4-,36-18+/t23-,25-,26+,28+,33?/m1/s1. The number of carbonyl (C=O) groups is 4. The van der Waals surface area contributed by atoms with Crippen LogP contribution in [0.15, 0.2) is 54.2 Å². The van der Waals surface area contributed by atoms with Crippen LogP contribution >= 0.6 is 0 Å². The molecule has 1 aromatic carbocycles. The summed E-state index contributed by atoms with van der Waals surface area (Å²) in [5.74, 6) is -2.46. The largest absolute Gasteiger partial charge is 0.479 e. The number of benzene rings is 1.